The summed E-state index contributed by atoms with van der Waals surface area (Å²) in [6.45, 7) is 3.75. The monoisotopic (exact) mass is 229 g/mol. The van der Waals surface area contributed by atoms with E-state index >= 15 is 0 Å². The van der Waals surface area contributed by atoms with Crippen LogP contribution in [0.25, 0.3) is 0 Å². The van der Waals surface area contributed by atoms with Crippen LogP contribution in [0.4, 0.5) is 0 Å². The van der Waals surface area contributed by atoms with Gasteiger partial charge in [0.2, 0.25) is 0 Å². The second kappa shape index (κ2) is 7.84. The molecule has 0 aromatic heterocycles. The fourth-order valence-electron chi connectivity index (χ4n) is 1.45. The zero-order valence-electron chi connectivity index (χ0n) is 10.0. The van der Waals surface area contributed by atoms with Gasteiger partial charge in [0.15, 0.2) is 5.71 Å². The van der Waals surface area contributed by atoms with Crippen LogP contribution in [0.5, 0.6) is 0 Å². The van der Waals surface area contributed by atoms with Gasteiger partial charge in [0, 0.05) is 6.42 Å². The number of hydrogen-bond acceptors (Lipinski definition) is 4. The van der Waals surface area contributed by atoms with Gasteiger partial charge in [-0.3, -0.25) is 4.79 Å². The molecule has 0 amide bonds. The average Bonchev–Trinajstić information content (AvgIpc) is 2.25. The number of hydrogen-bond donors (Lipinski definition) is 1. The normalized spacial score (nSPS) is 13.3. The highest BCUT2D eigenvalue weighted by atomic mass is 16.6. The molecule has 0 spiro atoms. The third kappa shape index (κ3) is 4.42. The molecule has 1 atom stereocenters. The summed E-state index contributed by atoms with van der Waals surface area (Å²) in [5.74, 6) is -1.94. The molecule has 0 saturated carbocycles. The van der Waals surface area contributed by atoms with Gasteiger partial charge in [-0.25, -0.2) is 4.79 Å². The van der Waals surface area contributed by atoms with Crippen molar-refractivity contribution in [2.75, 3.05) is 7.11 Å². The lowest BCUT2D eigenvalue weighted by molar-refractivity contribution is -0.131. The van der Waals surface area contributed by atoms with E-state index < -0.39 is 11.9 Å². The Morgan fingerprint density at radius 2 is 2.00 bits per heavy atom. The Hall–Kier alpha value is -1.39. The molecule has 92 valence electrons. The summed E-state index contributed by atoms with van der Waals surface area (Å²) in [6.07, 6.45) is 2.50. The third-order valence-electron chi connectivity index (χ3n) is 2.31. The number of nitrogens with zero attached hydrogens (tertiary/aromatic N) is 1. The van der Waals surface area contributed by atoms with Gasteiger partial charge in [-0.1, -0.05) is 25.4 Å². The maximum Gasteiger partial charge on any atom is 0.354 e. The van der Waals surface area contributed by atoms with Crippen molar-refractivity contribution >= 4 is 17.5 Å². The first-order valence-electron chi connectivity index (χ1n) is 5.45. The zero-order chi connectivity index (χ0) is 12.6. The van der Waals surface area contributed by atoms with Crippen LogP contribution in [0.15, 0.2) is 5.16 Å². The van der Waals surface area contributed by atoms with Crippen molar-refractivity contribution in [2.45, 2.75) is 39.5 Å². The molecule has 0 rings (SSSR count). The van der Waals surface area contributed by atoms with E-state index in [2.05, 4.69) is 9.99 Å². The Bertz CT molecular complexity index is 273. The van der Waals surface area contributed by atoms with Crippen molar-refractivity contribution in [3.63, 3.8) is 0 Å². The van der Waals surface area contributed by atoms with Gasteiger partial charge in [0.05, 0.1) is 5.92 Å². The van der Waals surface area contributed by atoms with E-state index in [1.165, 1.54) is 7.11 Å². The first-order valence-corrected chi connectivity index (χ1v) is 5.45. The minimum absolute atomic E-state index is 0.0810. The summed E-state index contributed by atoms with van der Waals surface area (Å²) in [5, 5.41) is 12.3. The van der Waals surface area contributed by atoms with Crippen LogP contribution in [-0.4, -0.2) is 29.7 Å². The Morgan fingerprint density at radius 1 is 1.38 bits per heavy atom. The standard InChI is InChI=1S/C11H19NO4/c1-4-6-7-9(13)8(5-2)10(11(14)15)12-16-3/h8H,4-7H2,1-3H3,(H,14,15). The zero-order valence-corrected chi connectivity index (χ0v) is 10.0. The lowest BCUT2D eigenvalue weighted by atomic mass is 9.92. The number of carbonyl (C=O) groups excluding carboxylic acids is 1. The lowest BCUT2D eigenvalue weighted by Gasteiger charge is -2.12. The molecule has 1 N–H and O–H groups in total. The van der Waals surface area contributed by atoms with E-state index in [1.54, 1.807) is 6.92 Å². The molecule has 0 fully saturated rings. The number of ketones is 1. The van der Waals surface area contributed by atoms with Crippen LogP contribution in [0.3, 0.4) is 0 Å². The third-order valence-corrected chi connectivity index (χ3v) is 2.31. The number of carboxylic acid groups (broad SMARTS) is 1. The number of Topliss-reactive ketones (excluding diaryl/α,β-unsaturated/α-hetero) is 1. The van der Waals surface area contributed by atoms with E-state index in [0.29, 0.717) is 12.8 Å². The Balaban J connectivity index is 4.73. The number of unbranched alkanes of at least 4 members (excludes halogenated alkanes) is 1. The molecule has 0 aliphatic heterocycles. The van der Waals surface area contributed by atoms with E-state index in [1.807, 2.05) is 6.92 Å². The quantitative estimate of drug-likeness (QED) is 0.509. The number of carbonyl (C=O) groups is 2. The molecule has 0 aliphatic rings. The van der Waals surface area contributed by atoms with Gasteiger partial charge in [0.1, 0.15) is 12.9 Å². The highest BCUT2D eigenvalue weighted by molar-refractivity contribution is 6.40. The van der Waals surface area contributed by atoms with Crippen LogP contribution >= 0.6 is 0 Å². The van der Waals surface area contributed by atoms with Crippen LogP contribution in [0, 0.1) is 5.92 Å². The van der Waals surface area contributed by atoms with Gasteiger partial charge >= 0.3 is 5.97 Å². The van der Waals surface area contributed by atoms with Gasteiger partial charge in [0.25, 0.3) is 0 Å². The molecular formula is C11H19NO4. The topological polar surface area (TPSA) is 76.0 Å². The highest BCUT2D eigenvalue weighted by Gasteiger charge is 2.27. The van der Waals surface area contributed by atoms with E-state index in [9.17, 15) is 9.59 Å². The van der Waals surface area contributed by atoms with Crippen LogP contribution < -0.4 is 0 Å². The largest absolute Gasteiger partial charge is 0.477 e. The summed E-state index contributed by atoms with van der Waals surface area (Å²) in [7, 11) is 1.27. The number of aliphatic carboxylic acids is 1. The summed E-state index contributed by atoms with van der Waals surface area (Å²) in [4.78, 5) is 27.1. The number of carboxylic acids is 1. The van der Waals surface area contributed by atoms with E-state index in [0.717, 1.165) is 12.8 Å². The van der Waals surface area contributed by atoms with E-state index in [4.69, 9.17) is 5.11 Å². The van der Waals surface area contributed by atoms with E-state index in [-0.39, 0.29) is 11.5 Å². The molecule has 16 heavy (non-hydrogen) atoms. The SMILES string of the molecule is CCCCC(=O)C(CC)C(=NOC)C(=O)O. The molecule has 0 heterocycles. The molecule has 0 aliphatic carbocycles. The van der Waals surface area contributed by atoms with Crippen LogP contribution in [0.2, 0.25) is 0 Å². The molecule has 5 nitrogen and oxygen atoms in total. The molecule has 5 heteroatoms. The van der Waals surface area contributed by atoms with Crippen LogP contribution in [0.1, 0.15) is 39.5 Å². The predicted molar refractivity (Wildman–Crippen MR) is 60.4 cm³/mol. The first kappa shape index (κ1) is 14.6. The second-order valence-electron chi connectivity index (χ2n) is 3.49. The molecule has 1 unspecified atom stereocenters. The molecule has 0 radical (unpaired) electrons. The number of rotatable bonds is 8. The van der Waals surface area contributed by atoms with Crippen molar-refractivity contribution in [3.8, 4) is 0 Å². The second-order valence-corrected chi connectivity index (χ2v) is 3.49. The van der Waals surface area contributed by atoms with Crippen molar-refractivity contribution in [3.05, 3.63) is 0 Å². The van der Waals surface area contributed by atoms with Gasteiger partial charge in [-0.15, -0.1) is 0 Å². The highest BCUT2D eigenvalue weighted by Crippen LogP contribution is 2.12. The van der Waals surface area contributed by atoms with Crippen molar-refractivity contribution < 1.29 is 19.5 Å². The minimum Gasteiger partial charge on any atom is -0.477 e. The summed E-state index contributed by atoms with van der Waals surface area (Å²) in [6, 6.07) is 0. The number of oxime groups is 1. The Morgan fingerprint density at radius 3 is 2.38 bits per heavy atom. The average molecular weight is 229 g/mol. The predicted octanol–water partition coefficient (Wildman–Crippen LogP) is 1.86. The molecule has 0 saturated heterocycles. The molecule has 0 aromatic carbocycles. The van der Waals surface area contributed by atoms with Gasteiger partial charge in [-0.05, 0) is 12.8 Å². The first-order chi connectivity index (χ1) is 7.58. The lowest BCUT2D eigenvalue weighted by Crippen LogP contribution is -2.30. The molecule has 0 aromatic rings. The Kier molecular flexibility index (Phi) is 7.16. The minimum atomic E-state index is -1.20. The van der Waals surface area contributed by atoms with Gasteiger partial charge < -0.3 is 9.94 Å². The summed E-state index contributed by atoms with van der Waals surface area (Å²) >= 11 is 0. The van der Waals surface area contributed by atoms with Crippen LogP contribution in [-0.2, 0) is 14.4 Å². The van der Waals surface area contributed by atoms with Gasteiger partial charge in [-0.2, -0.15) is 0 Å². The van der Waals surface area contributed by atoms with Crippen molar-refractivity contribution in [1.82, 2.24) is 0 Å². The van der Waals surface area contributed by atoms with Crippen molar-refractivity contribution in [1.29, 1.82) is 0 Å². The fourth-order valence-corrected chi connectivity index (χ4v) is 1.45. The fraction of sp³-hybridized carbons (Fsp3) is 0.727. The molecular weight excluding hydrogens is 210 g/mol. The smallest absolute Gasteiger partial charge is 0.354 e. The Labute approximate surface area is 95.5 Å². The maximum absolute atomic E-state index is 11.8. The molecule has 0 bridgehead atoms. The summed E-state index contributed by atoms with van der Waals surface area (Å²) < 4.78 is 0. The van der Waals surface area contributed by atoms with Crippen molar-refractivity contribution in [2.24, 2.45) is 11.1 Å². The maximum atomic E-state index is 11.8. The summed E-state index contributed by atoms with van der Waals surface area (Å²) in [5.41, 5.74) is -0.203.